The molecule has 0 aliphatic rings. The van der Waals surface area contributed by atoms with Crippen molar-refractivity contribution in [2.45, 2.75) is 33.6 Å². The number of ether oxygens (including phenoxy) is 2. The highest BCUT2D eigenvalue weighted by Crippen LogP contribution is 2.22. The fraction of sp³-hybridized carbons (Fsp3) is 0.375. The number of amides is 2. The summed E-state index contributed by atoms with van der Waals surface area (Å²) in [6.45, 7) is 6.97. The molecule has 0 saturated carbocycles. The summed E-state index contributed by atoms with van der Waals surface area (Å²) in [5.74, 6) is -0.269. The van der Waals surface area contributed by atoms with E-state index in [1.807, 2.05) is 20.8 Å². The standard InChI is InChI=1S/C24H29ClN2O5/c1-4-27(5-2)24(30)18-8-11-20(12-9-18)26-22(28)16-32-23(29)7-6-14-31-21-13-10-19(25)15-17(21)3/h8-13,15H,4-7,14,16H2,1-3H3,(H,26,28). The van der Waals surface area contributed by atoms with Gasteiger partial charge in [0.05, 0.1) is 6.61 Å². The molecule has 0 aliphatic carbocycles. The molecule has 2 rings (SSSR count). The molecule has 0 radical (unpaired) electrons. The lowest BCUT2D eigenvalue weighted by Gasteiger charge is -2.18. The summed E-state index contributed by atoms with van der Waals surface area (Å²) >= 11 is 5.91. The molecule has 172 valence electrons. The van der Waals surface area contributed by atoms with E-state index in [9.17, 15) is 14.4 Å². The average Bonchev–Trinajstić information content (AvgIpc) is 2.77. The van der Waals surface area contributed by atoms with Crippen LogP contribution in [0.15, 0.2) is 42.5 Å². The number of hydrogen-bond donors (Lipinski definition) is 1. The van der Waals surface area contributed by atoms with Crippen LogP contribution in [-0.2, 0) is 14.3 Å². The molecule has 0 saturated heterocycles. The van der Waals surface area contributed by atoms with Crippen LogP contribution in [0, 0.1) is 6.92 Å². The number of esters is 1. The van der Waals surface area contributed by atoms with E-state index < -0.39 is 11.9 Å². The maximum atomic E-state index is 12.3. The lowest BCUT2D eigenvalue weighted by atomic mass is 10.2. The van der Waals surface area contributed by atoms with Crippen molar-refractivity contribution in [2.75, 3.05) is 31.6 Å². The maximum absolute atomic E-state index is 12.3. The Morgan fingerprint density at radius 1 is 1.03 bits per heavy atom. The van der Waals surface area contributed by atoms with Crippen molar-refractivity contribution in [3.05, 3.63) is 58.6 Å². The molecule has 1 N–H and O–H groups in total. The number of rotatable bonds is 11. The second-order valence-electron chi connectivity index (χ2n) is 7.13. The summed E-state index contributed by atoms with van der Waals surface area (Å²) in [7, 11) is 0. The molecule has 0 unspecified atom stereocenters. The summed E-state index contributed by atoms with van der Waals surface area (Å²) in [5, 5.41) is 3.28. The summed E-state index contributed by atoms with van der Waals surface area (Å²) in [6.07, 6.45) is 0.604. The first kappa shape index (κ1) is 25.2. The van der Waals surface area contributed by atoms with Gasteiger partial charge in [0.2, 0.25) is 0 Å². The number of benzene rings is 2. The molecular formula is C24H29ClN2O5. The van der Waals surface area contributed by atoms with E-state index in [0.29, 0.717) is 48.1 Å². The number of halogens is 1. The minimum atomic E-state index is -0.475. The monoisotopic (exact) mass is 460 g/mol. The van der Waals surface area contributed by atoms with E-state index in [4.69, 9.17) is 21.1 Å². The van der Waals surface area contributed by atoms with Crippen LogP contribution < -0.4 is 10.1 Å². The Morgan fingerprint density at radius 2 is 1.72 bits per heavy atom. The first-order valence-electron chi connectivity index (χ1n) is 10.6. The Hall–Kier alpha value is -3.06. The van der Waals surface area contributed by atoms with E-state index in [-0.39, 0.29) is 18.9 Å². The van der Waals surface area contributed by atoms with Gasteiger partial charge < -0.3 is 19.7 Å². The van der Waals surface area contributed by atoms with Crippen LogP contribution in [0.25, 0.3) is 0 Å². The fourth-order valence-corrected chi connectivity index (χ4v) is 3.20. The van der Waals surface area contributed by atoms with Crippen molar-refractivity contribution < 1.29 is 23.9 Å². The smallest absolute Gasteiger partial charge is 0.306 e. The van der Waals surface area contributed by atoms with Crippen molar-refractivity contribution >= 4 is 35.1 Å². The number of aryl methyl sites for hydroxylation is 1. The zero-order valence-corrected chi connectivity index (χ0v) is 19.4. The molecule has 0 spiro atoms. The number of carbonyl (C=O) groups is 3. The molecule has 2 amide bonds. The van der Waals surface area contributed by atoms with Crippen LogP contribution in [0.2, 0.25) is 5.02 Å². The van der Waals surface area contributed by atoms with Gasteiger partial charge in [0, 0.05) is 35.8 Å². The van der Waals surface area contributed by atoms with Crippen molar-refractivity contribution in [1.82, 2.24) is 4.90 Å². The van der Waals surface area contributed by atoms with Gasteiger partial charge in [-0.25, -0.2) is 0 Å². The highest BCUT2D eigenvalue weighted by atomic mass is 35.5. The minimum Gasteiger partial charge on any atom is -0.493 e. The van der Waals surface area contributed by atoms with Gasteiger partial charge in [0.25, 0.3) is 11.8 Å². The van der Waals surface area contributed by atoms with Crippen LogP contribution >= 0.6 is 11.6 Å². The van der Waals surface area contributed by atoms with Crippen molar-refractivity contribution in [1.29, 1.82) is 0 Å². The van der Waals surface area contributed by atoms with Gasteiger partial charge in [-0.05, 0) is 75.2 Å². The summed E-state index contributed by atoms with van der Waals surface area (Å²) in [5.41, 5.74) is 1.99. The first-order valence-corrected chi connectivity index (χ1v) is 11.0. The largest absolute Gasteiger partial charge is 0.493 e. The van der Waals surface area contributed by atoms with Gasteiger partial charge in [0.15, 0.2) is 6.61 Å². The molecule has 2 aromatic rings. The van der Waals surface area contributed by atoms with Crippen LogP contribution in [0.4, 0.5) is 5.69 Å². The Kier molecular flexibility index (Phi) is 10.0. The zero-order chi connectivity index (χ0) is 23.5. The van der Waals surface area contributed by atoms with Gasteiger partial charge in [-0.1, -0.05) is 11.6 Å². The van der Waals surface area contributed by atoms with E-state index in [0.717, 1.165) is 5.56 Å². The number of nitrogens with one attached hydrogen (secondary N) is 1. The van der Waals surface area contributed by atoms with Gasteiger partial charge in [-0.15, -0.1) is 0 Å². The van der Waals surface area contributed by atoms with Gasteiger partial charge in [0.1, 0.15) is 5.75 Å². The van der Waals surface area contributed by atoms with Crippen LogP contribution in [-0.4, -0.2) is 49.0 Å². The zero-order valence-electron chi connectivity index (χ0n) is 18.7. The number of anilines is 1. The topological polar surface area (TPSA) is 84.9 Å². The second-order valence-corrected chi connectivity index (χ2v) is 7.56. The highest BCUT2D eigenvalue weighted by molar-refractivity contribution is 6.30. The minimum absolute atomic E-state index is 0.0583. The molecule has 0 bridgehead atoms. The Morgan fingerprint density at radius 3 is 2.34 bits per heavy atom. The molecule has 0 atom stereocenters. The third kappa shape index (κ3) is 7.89. The molecular weight excluding hydrogens is 432 g/mol. The lowest BCUT2D eigenvalue weighted by molar-refractivity contribution is -0.147. The Labute approximate surface area is 193 Å². The van der Waals surface area contributed by atoms with Crippen LogP contribution in [0.1, 0.15) is 42.6 Å². The number of carbonyl (C=O) groups excluding carboxylic acids is 3. The first-order chi connectivity index (χ1) is 15.3. The highest BCUT2D eigenvalue weighted by Gasteiger charge is 2.13. The van der Waals surface area contributed by atoms with E-state index in [1.54, 1.807) is 47.4 Å². The molecule has 0 heterocycles. The third-order valence-corrected chi connectivity index (χ3v) is 4.99. The van der Waals surface area contributed by atoms with Crippen molar-refractivity contribution in [3.63, 3.8) is 0 Å². The molecule has 0 fully saturated rings. The quantitative estimate of drug-likeness (QED) is 0.395. The molecule has 7 nitrogen and oxygen atoms in total. The summed E-state index contributed by atoms with van der Waals surface area (Å²) in [4.78, 5) is 37.9. The number of nitrogens with zero attached hydrogens (tertiary/aromatic N) is 1. The van der Waals surface area contributed by atoms with Crippen LogP contribution in [0.3, 0.4) is 0 Å². The predicted molar refractivity (Wildman–Crippen MR) is 124 cm³/mol. The van der Waals surface area contributed by atoms with Gasteiger partial charge in [-0.2, -0.15) is 0 Å². The normalized spacial score (nSPS) is 10.4. The van der Waals surface area contributed by atoms with Gasteiger partial charge in [-0.3, -0.25) is 14.4 Å². The second kappa shape index (κ2) is 12.7. The fourth-order valence-electron chi connectivity index (χ4n) is 2.98. The summed E-state index contributed by atoms with van der Waals surface area (Å²) < 4.78 is 10.6. The lowest BCUT2D eigenvalue weighted by Crippen LogP contribution is -2.30. The van der Waals surface area contributed by atoms with Crippen molar-refractivity contribution in [2.24, 2.45) is 0 Å². The van der Waals surface area contributed by atoms with E-state index >= 15 is 0 Å². The Balaban J connectivity index is 1.68. The molecule has 0 aromatic heterocycles. The molecule has 8 heteroatoms. The summed E-state index contributed by atoms with van der Waals surface area (Å²) in [6, 6.07) is 11.9. The maximum Gasteiger partial charge on any atom is 0.306 e. The third-order valence-electron chi connectivity index (χ3n) is 4.75. The predicted octanol–water partition coefficient (Wildman–Crippen LogP) is 4.47. The molecule has 0 aliphatic heterocycles. The van der Waals surface area contributed by atoms with E-state index in [1.165, 1.54) is 0 Å². The average molecular weight is 461 g/mol. The molecule has 2 aromatic carbocycles. The van der Waals surface area contributed by atoms with Gasteiger partial charge >= 0.3 is 5.97 Å². The Bertz CT molecular complexity index is 926. The van der Waals surface area contributed by atoms with Crippen LogP contribution in [0.5, 0.6) is 5.75 Å². The molecule has 32 heavy (non-hydrogen) atoms. The van der Waals surface area contributed by atoms with Crippen molar-refractivity contribution in [3.8, 4) is 5.75 Å². The van der Waals surface area contributed by atoms with E-state index in [2.05, 4.69) is 5.32 Å². The SMILES string of the molecule is CCN(CC)C(=O)c1ccc(NC(=O)COC(=O)CCCOc2ccc(Cl)cc2C)cc1. The number of hydrogen-bond acceptors (Lipinski definition) is 5.